The minimum atomic E-state index is -0.0851. The Kier molecular flexibility index (Phi) is 3.63. The van der Waals surface area contributed by atoms with Crippen molar-refractivity contribution in [2.45, 2.75) is 38.6 Å². The van der Waals surface area contributed by atoms with Crippen molar-refractivity contribution in [1.29, 1.82) is 0 Å². The maximum Gasteiger partial charge on any atom is 0.229 e. The second-order valence-electron chi connectivity index (χ2n) is 6.64. The van der Waals surface area contributed by atoms with Crippen LogP contribution in [-0.4, -0.2) is 20.7 Å². The van der Waals surface area contributed by atoms with Crippen molar-refractivity contribution in [2.24, 2.45) is 7.05 Å². The Balaban J connectivity index is 1.57. The molecular formula is C19H22N4O. The molecule has 1 aromatic carbocycles. The number of benzene rings is 1. The molecule has 0 saturated carbocycles. The van der Waals surface area contributed by atoms with Gasteiger partial charge in [-0.3, -0.25) is 9.48 Å². The number of H-pyrrole nitrogens is 1. The molecule has 1 amide bonds. The van der Waals surface area contributed by atoms with Crippen LogP contribution in [0.15, 0.2) is 30.5 Å². The fraction of sp³-hybridized carbons (Fsp3) is 0.368. The van der Waals surface area contributed by atoms with E-state index in [1.165, 1.54) is 10.9 Å². The Morgan fingerprint density at radius 3 is 3.04 bits per heavy atom. The molecule has 1 atom stereocenters. The molecule has 0 radical (unpaired) electrons. The topological polar surface area (TPSA) is 62.7 Å². The van der Waals surface area contributed by atoms with E-state index in [0.717, 1.165) is 41.7 Å². The van der Waals surface area contributed by atoms with Gasteiger partial charge in [0.15, 0.2) is 0 Å². The van der Waals surface area contributed by atoms with Gasteiger partial charge in [0.1, 0.15) is 0 Å². The molecule has 5 nitrogen and oxygen atoms in total. The third-order valence-electron chi connectivity index (χ3n) is 5.00. The third-order valence-corrected chi connectivity index (χ3v) is 5.00. The summed E-state index contributed by atoms with van der Waals surface area (Å²) in [5, 5.41) is 8.68. The van der Waals surface area contributed by atoms with Crippen molar-refractivity contribution < 1.29 is 4.79 Å². The van der Waals surface area contributed by atoms with E-state index in [4.69, 9.17) is 0 Å². The van der Waals surface area contributed by atoms with E-state index >= 15 is 0 Å². The first-order chi connectivity index (χ1) is 11.6. The highest BCUT2D eigenvalue weighted by Crippen LogP contribution is 2.36. The molecule has 0 aliphatic heterocycles. The number of carbonyl (C=O) groups excluding carboxylic acids is 1. The molecule has 3 aromatic rings. The summed E-state index contributed by atoms with van der Waals surface area (Å²) in [4.78, 5) is 16.3. The van der Waals surface area contributed by atoms with Gasteiger partial charge in [-0.1, -0.05) is 18.2 Å². The molecule has 0 unspecified atom stereocenters. The Bertz CT molecular complexity index is 905. The van der Waals surface area contributed by atoms with Crippen molar-refractivity contribution in [3.8, 4) is 0 Å². The lowest BCUT2D eigenvalue weighted by molar-refractivity contribution is -0.123. The van der Waals surface area contributed by atoms with Crippen LogP contribution in [0.3, 0.4) is 0 Å². The van der Waals surface area contributed by atoms with Crippen molar-refractivity contribution in [1.82, 2.24) is 20.1 Å². The van der Waals surface area contributed by atoms with Gasteiger partial charge in [-0.2, -0.15) is 5.10 Å². The second-order valence-corrected chi connectivity index (χ2v) is 6.64. The van der Waals surface area contributed by atoms with Gasteiger partial charge in [0.25, 0.3) is 0 Å². The number of hydrogen-bond acceptors (Lipinski definition) is 2. The second kappa shape index (κ2) is 5.82. The van der Waals surface area contributed by atoms with Gasteiger partial charge in [0, 0.05) is 41.9 Å². The SMILES string of the molecule is Cc1nn(C)cc1CNC(=O)[C@H]1CCCc2c1[nH]c1ccccc21. The van der Waals surface area contributed by atoms with Crippen molar-refractivity contribution in [2.75, 3.05) is 0 Å². The average Bonchev–Trinajstić information content (AvgIpc) is 3.11. The lowest BCUT2D eigenvalue weighted by Gasteiger charge is -2.22. The van der Waals surface area contributed by atoms with Gasteiger partial charge in [-0.15, -0.1) is 0 Å². The zero-order valence-corrected chi connectivity index (χ0v) is 14.1. The van der Waals surface area contributed by atoms with Crippen LogP contribution in [0, 0.1) is 6.92 Å². The molecule has 1 aliphatic carbocycles. The molecule has 0 spiro atoms. The molecule has 2 aromatic heterocycles. The first-order valence-electron chi connectivity index (χ1n) is 8.50. The van der Waals surface area contributed by atoms with Crippen LogP contribution in [0.1, 0.15) is 41.3 Å². The normalized spacial score (nSPS) is 17.0. The van der Waals surface area contributed by atoms with E-state index in [1.807, 2.05) is 26.2 Å². The lowest BCUT2D eigenvalue weighted by Crippen LogP contribution is -2.31. The third kappa shape index (κ3) is 2.50. The van der Waals surface area contributed by atoms with Crippen LogP contribution >= 0.6 is 0 Å². The number of aromatic amines is 1. The molecule has 0 saturated heterocycles. The highest BCUT2D eigenvalue weighted by atomic mass is 16.1. The van der Waals surface area contributed by atoms with Gasteiger partial charge in [-0.05, 0) is 37.8 Å². The summed E-state index contributed by atoms with van der Waals surface area (Å²) >= 11 is 0. The standard InChI is InChI=1S/C19H22N4O/c1-12-13(11-23(2)22-12)10-20-19(24)16-8-5-7-15-14-6-3-4-9-17(14)21-18(15)16/h3-4,6,9,11,16,21H,5,7-8,10H2,1-2H3,(H,20,24)/t16-/m0/s1. The van der Waals surface area contributed by atoms with Crippen LogP contribution in [0.2, 0.25) is 0 Å². The van der Waals surface area contributed by atoms with Crippen LogP contribution in [0.5, 0.6) is 0 Å². The van der Waals surface area contributed by atoms with Crippen molar-refractivity contribution in [3.63, 3.8) is 0 Å². The predicted molar refractivity (Wildman–Crippen MR) is 93.8 cm³/mol. The Morgan fingerprint density at radius 1 is 1.42 bits per heavy atom. The van der Waals surface area contributed by atoms with E-state index < -0.39 is 0 Å². The number of aryl methyl sites for hydroxylation is 3. The predicted octanol–water partition coefficient (Wildman–Crippen LogP) is 2.95. The lowest BCUT2D eigenvalue weighted by atomic mass is 9.86. The van der Waals surface area contributed by atoms with E-state index in [0.29, 0.717) is 6.54 Å². The number of fused-ring (bicyclic) bond motifs is 3. The van der Waals surface area contributed by atoms with Crippen LogP contribution in [-0.2, 0) is 24.8 Å². The Labute approximate surface area is 141 Å². The van der Waals surface area contributed by atoms with Gasteiger partial charge < -0.3 is 10.3 Å². The zero-order chi connectivity index (χ0) is 16.7. The summed E-state index contributed by atoms with van der Waals surface area (Å²) in [5.41, 5.74) is 5.58. The largest absolute Gasteiger partial charge is 0.357 e. The number of rotatable bonds is 3. The summed E-state index contributed by atoms with van der Waals surface area (Å²) in [6.45, 7) is 2.50. The molecule has 2 N–H and O–H groups in total. The number of nitrogens with zero attached hydrogens (tertiary/aromatic N) is 2. The number of aromatic nitrogens is 3. The van der Waals surface area contributed by atoms with E-state index in [1.54, 1.807) is 4.68 Å². The van der Waals surface area contributed by atoms with E-state index in [2.05, 4.69) is 33.6 Å². The molecule has 2 heterocycles. The molecule has 0 bridgehead atoms. The summed E-state index contributed by atoms with van der Waals surface area (Å²) in [5.74, 6) is 0.0175. The summed E-state index contributed by atoms with van der Waals surface area (Å²) in [6.07, 6.45) is 4.96. The summed E-state index contributed by atoms with van der Waals surface area (Å²) in [7, 11) is 1.90. The van der Waals surface area contributed by atoms with E-state index in [9.17, 15) is 4.79 Å². The monoisotopic (exact) mass is 322 g/mol. The fourth-order valence-electron chi connectivity index (χ4n) is 3.80. The molecule has 124 valence electrons. The maximum absolute atomic E-state index is 12.8. The quantitative estimate of drug-likeness (QED) is 0.779. The minimum Gasteiger partial charge on any atom is -0.357 e. The first kappa shape index (κ1) is 15.0. The first-order valence-corrected chi connectivity index (χ1v) is 8.50. The molecule has 24 heavy (non-hydrogen) atoms. The fourth-order valence-corrected chi connectivity index (χ4v) is 3.80. The Morgan fingerprint density at radius 2 is 2.25 bits per heavy atom. The number of carbonyl (C=O) groups is 1. The van der Waals surface area contributed by atoms with Crippen LogP contribution in [0.25, 0.3) is 10.9 Å². The molecular weight excluding hydrogens is 300 g/mol. The Hall–Kier alpha value is -2.56. The number of para-hydroxylation sites is 1. The highest BCUT2D eigenvalue weighted by Gasteiger charge is 2.29. The van der Waals surface area contributed by atoms with Crippen molar-refractivity contribution >= 4 is 16.8 Å². The van der Waals surface area contributed by atoms with Gasteiger partial charge >= 0.3 is 0 Å². The van der Waals surface area contributed by atoms with Crippen LogP contribution in [0.4, 0.5) is 0 Å². The van der Waals surface area contributed by atoms with Crippen molar-refractivity contribution in [3.05, 3.63) is 53.0 Å². The molecule has 1 aliphatic rings. The summed E-state index contributed by atoms with van der Waals surface area (Å²) < 4.78 is 1.78. The van der Waals surface area contributed by atoms with E-state index in [-0.39, 0.29) is 11.8 Å². The number of nitrogens with one attached hydrogen (secondary N) is 2. The zero-order valence-electron chi connectivity index (χ0n) is 14.1. The highest BCUT2D eigenvalue weighted by molar-refractivity contribution is 5.90. The van der Waals surface area contributed by atoms with Gasteiger partial charge in [0.05, 0.1) is 11.6 Å². The molecule has 0 fully saturated rings. The van der Waals surface area contributed by atoms with Gasteiger partial charge in [-0.25, -0.2) is 0 Å². The summed E-state index contributed by atoms with van der Waals surface area (Å²) in [6, 6.07) is 8.32. The smallest absolute Gasteiger partial charge is 0.229 e. The maximum atomic E-state index is 12.8. The van der Waals surface area contributed by atoms with Crippen LogP contribution < -0.4 is 5.32 Å². The average molecular weight is 322 g/mol. The molecule has 5 heteroatoms. The number of amides is 1. The minimum absolute atomic E-state index is 0.0851. The molecule has 4 rings (SSSR count). The number of hydrogen-bond donors (Lipinski definition) is 2. The van der Waals surface area contributed by atoms with Gasteiger partial charge in [0.2, 0.25) is 5.91 Å².